The normalized spacial score (nSPS) is 11.1. The maximum atomic E-state index is 10.7. The van der Waals surface area contributed by atoms with Gasteiger partial charge in [0, 0.05) is 45.1 Å². The van der Waals surface area contributed by atoms with E-state index in [1.54, 1.807) is 6.20 Å². The lowest BCUT2D eigenvalue weighted by Crippen LogP contribution is -2.04. The van der Waals surface area contributed by atoms with Crippen molar-refractivity contribution in [1.29, 1.82) is 15.8 Å². The Morgan fingerprint density at radius 1 is 0.500 bits per heavy atom. The maximum Gasteiger partial charge on any atom is 0.101 e. The number of nitrogens with zero attached hydrogens (tertiary/aromatic N) is 6. The number of fused-ring (bicyclic) bond motifs is 6. The topological polar surface area (TPSA) is 94.1 Å². The summed E-state index contributed by atoms with van der Waals surface area (Å²) in [4.78, 5) is 4.44. The van der Waals surface area contributed by atoms with Crippen molar-refractivity contribution in [2.45, 2.75) is 0 Å². The Kier molecular flexibility index (Phi) is 5.53. The molecule has 3 aromatic heterocycles. The highest BCUT2D eigenvalue weighted by atomic mass is 15.0. The lowest BCUT2D eigenvalue weighted by atomic mass is 10.0. The minimum Gasteiger partial charge on any atom is -0.309 e. The first-order valence-corrected chi connectivity index (χ1v) is 14.1. The van der Waals surface area contributed by atoms with E-state index in [1.807, 2.05) is 97.2 Å². The van der Waals surface area contributed by atoms with Gasteiger partial charge in [-0.2, -0.15) is 15.8 Å². The summed E-state index contributed by atoms with van der Waals surface area (Å²) >= 11 is 0. The Balaban J connectivity index is 1.52. The second kappa shape index (κ2) is 9.71. The van der Waals surface area contributed by atoms with E-state index >= 15 is 0 Å². The van der Waals surface area contributed by atoms with Crippen LogP contribution in [-0.2, 0) is 0 Å². The standard InChI is InChI=1S/C38H20N6/c39-20-24-11-13-35-31(16-24)28-7-1-3-9-33(28)43(35)37-19-30(26-6-5-15-42-23-26)38(18-27(37)22-41)44-34-10-4-2-8-29(34)32-17-25(21-40)12-14-36(32)44/h1-19,23H. The van der Waals surface area contributed by atoms with Crippen LogP contribution in [0.25, 0.3) is 66.1 Å². The van der Waals surface area contributed by atoms with E-state index < -0.39 is 0 Å². The molecule has 6 heteroatoms. The van der Waals surface area contributed by atoms with Gasteiger partial charge in [0.1, 0.15) is 6.07 Å². The fourth-order valence-corrected chi connectivity index (χ4v) is 6.39. The first-order valence-electron chi connectivity index (χ1n) is 14.1. The van der Waals surface area contributed by atoms with Crippen molar-refractivity contribution >= 4 is 43.6 Å². The van der Waals surface area contributed by atoms with Gasteiger partial charge in [-0.25, -0.2) is 0 Å². The van der Waals surface area contributed by atoms with E-state index in [0.717, 1.165) is 66.1 Å². The Bertz CT molecular complexity index is 2580. The molecule has 0 atom stereocenters. The summed E-state index contributed by atoms with van der Waals surface area (Å²) < 4.78 is 4.28. The smallest absolute Gasteiger partial charge is 0.101 e. The van der Waals surface area contributed by atoms with Crippen molar-refractivity contribution < 1.29 is 0 Å². The minimum atomic E-state index is 0.499. The Labute approximate surface area is 252 Å². The van der Waals surface area contributed by atoms with E-state index in [1.165, 1.54) is 0 Å². The van der Waals surface area contributed by atoms with Crippen LogP contribution in [0.2, 0.25) is 0 Å². The van der Waals surface area contributed by atoms with Crippen molar-refractivity contribution in [3.05, 3.63) is 138 Å². The summed E-state index contributed by atoms with van der Waals surface area (Å²) in [6.45, 7) is 0. The van der Waals surface area contributed by atoms with Crippen LogP contribution >= 0.6 is 0 Å². The number of para-hydroxylation sites is 2. The zero-order valence-corrected chi connectivity index (χ0v) is 23.2. The predicted octanol–water partition coefficient (Wildman–Crippen LogP) is 8.56. The van der Waals surface area contributed by atoms with Crippen LogP contribution < -0.4 is 0 Å². The van der Waals surface area contributed by atoms with E-state index in [2.05, 4.69) is 50.5 Å². The highest BCUT2D eigenvalue weighted by Gasteiger charge is 2.22. The van der Waals surface area contributed by atoms with Gasteiger partial charge in [0.05, 0.1) is 62.3 Å². The number of pyridine rings is 1. The molecule has 0 fully saturated rings. The molecular formula is C38H20N6. The van der Waals surface area contributed by atoms with Gasteiger partial charge in [0.15, 0.2) is 0 Å². The first-order chi connectivity index (χ1) is 21.7. The third-order valence-electron chi connectivity index (χ3n) is 8.29. The van der Waals surface area contributed by atoms with Gasteiger partial charge >= 0.3 is 0 Å². The molecule has 0 unspecified atom stereocenters. The molecule has 8 rings (SSSR count). The van der Waals surface area contributed by atoms with Gasteiger partial charge in [0.25, 0.3) is 0 Å². The average Bonchev–Trinajstić information content (AvgIpc) is 3.60. The molecule has 0 saturated carbocycles. The van der Waals surface area contributed by atoms with Gasteiger partial charge in [-0.1, -0.05) is 42.5 Å². The lowest BCUT2D eigenvalue weighted by Gasteiger charge is -2.18. The quantitative estimate of drug-likeness (QED) is 0.216. The van der Waals surface area contributed by atoms with Crippen LogP contribution in [0.5, 0.6) is 0 Å². The molecule has 0 saturated heterocycles. The second-order valence-corrected chi connectivity index (χ2v) is 10.6. The molecule has 3 heterocycles. The van der Waals surface area contributed by atoms with E-state index in [-0.39, 0.29) is 0 Å². The molecule has 8 aromatic rings. The second-order valence-electron chi connectivity index (χ2n) is 10.6. The highest BCUT2D eigenvalue weighted by molar-refractivity contribution is 6.11. The molecule has 0 amide bonds. The van der Waals surface area contributed by atoms with Crippen LogP contribution in [0.1, 0.15) is 16.7 Å². The molecule has 6 nitrogen and oxygen atoms in total. The SMILES string of the molecule is N#Cc1ccc2c(c1)c1ccccc1n2-c1cc(-c2cccnc2)c(-n2c3ccccc3c3cc(C#N)ccc32)cc1C#N. The number of rotatable bonds is 3. The molecule has 202 valence electrons. The first kappa shape index (κ1) is 25.1. The van der Waals surface area contributed by atoms with E-state index in [9.17, 15) is 15.8 Å². The number of hydrogen-bond donors (Lipinski definition) is 0. The molecule has 0 N–H and O–H groups in total. The average molecular weight is 561 g/mol. The molecule has 44 heavy (non-hydrogen) atoms. The maximum absolute atomic E-state index is 10.7. The number of nitriles is 3. The summed E-state index contributed by atoms with van der Waals surface area (Å²) in [5.41, 5.74) is 8.81. The molecule has 5 aromatic carbocycles. The number of aromatic nitrogens is 3. The highest BCUT2D eigenvalue weighted by Crippen LogP contribution is 2.40. The third kappa shape index (κ3) is 3.61. The fraction of sp³-hybridized carbons (Fsp3) is 0. The van der Waals surface area contributed by atoms with Crippen molar-refractivity contribution in [3.63, 3.8) is 0 Å². The molecule has 0 aliphatic rings. The summed E-state index contributed by atoms with van der Waals surface area (Å²) in [5.74, 6) is 0. The zero-order valence-electron chi connectivity index (χ0n) is 23.2. The summed E-state index contributed by atoms with van der Waals surface area (Å²) in [5, 5.41) is 33.9. The summed E-state index contributed by atoms with van der Waals surface area (Å²) in [6, 6.07) is 42.5. The van der Waals surface area contributed by atoms with E-state index in [0.29, 0.717) is 16.7 Å². The summed E-state index contributed by atoms with van der Waals surface area (Å²) in [6.07, 6.45) is 3.58. The third-order valence-corrected chi connectivity index (χ3v) is 8.29. The lowest BCUT2D eigenvalue weighted by molar-refractivity contribution is 1.13. The molecule has 0 aliphatic heterocycles. The van der Waals surface area contributed by atoms with Crippen molar-refractivity contribution in [3.8, 4) is 40.7 Å². The Morgan fingerprint density at radius 3 is 1.61 bits per heavy atom. The molecule has 0 radical (unpaired) electrons. The van der Waals surface area contributed by atoms with Gasteiger partial charge in [-0.3, -0.25) is 4.98 Å². The van der Waals surface area contributed by atoms with Crippen LogP contribution in [-0.4, -0.2) is 14.1 Å². The largest absolute Gasteiger partial charge is 0.309 e. The van der Waals surface area contributed by atoms with Crippen LogP contribution in [0, 0.1) is 34.0 Å². The van der Waals surface area contributed by atoms with Crippen LogP contribution in [0.15, 0.2) is 122 Å². The van der Waals surface area contributed by atoms with Crippen molar-refractivity contribution in [2.75, 3.05) is 0 Å². The monoisotopic (exact) mass is 560 g/mol. The van der Waals surface area contributed by atoms with Crippen LogP contribution in [0.3, 0.4) is 0 Å². The van der Waals surface area contributed by atoms with E-state index in [4.69, 9.17) is 0 Å². The zero-order chi connectivity index (χ0) is 29.8. The predicted molar refractivity (Wildman–Crippen MR) is 172 cm³/mol. The van der Waals surface area contributed by atoms with Crippen molar-refractivity contribution in [2.24, 2.45) is 0 Å². The molecule has 0 aliphatic carbocycles. The van der Waals surface area contributed by atoms with Gasteiger partial charge in [0.2, 0.25) is 0 Å². The van der Waals surface area contributed by atoms with Gasteiger partial charge in [-0.15, -0.1) is 0 Å². The van der Waals surface area contributed by atoms with Crippen molar-refractivity contribution in [1.82, 2.24) is 14.1 Å². The van der Waals surface area contributed by atoms with Gasteiger partial charge < -0.3 is 9.13 Å². The molecular weight excluding hydrogens is 540 g/mol. The summed E-state index contributed by atoms with van der Waals surface area (Å²) in [7, 11) is 0. The Morgan fingerprint density at radius 2 is 1.07 bits per heavy atom. The Hall–Kier alpha value is -6.68. The minimum absolute atomic E-state index is 0.499. The van der Waals surface area contributed by atoms with Crippen LogP contribution in [0.4, 0.5) is 0 Å². The molecule has 0 bridgehead atoms. The number of hydrogen-bond acceptors (Lipinski definition) is 4. The number of benzene rings is 5. The molecule has 0 spiro atoms. The van der Waals surface area contributed by atoms with Gasteiger partial charge in [-0.05, 0) is 66.7 Å². The fourth-order valence-electron chi connectivity index (χ4n) is 6.39.